The first-order valence-corrected chi connectivity index (χ1v) is 12.9. The van der Waals surface area contributed by atoms with Crippen molar-refractivity contribution in [3.05, 3.63) is 133 Å². The summed E-state index contributed by atoms with van der Waals surface area (Å²) in [4.78, 5) is 10.4. The Morgan fingerprint density at radius 1 is 0.395 bits per heavy atom. The number of fused-ring (bicyclic) bond motifs is 4. The van der Waals surface area contributed by atoms with Crippen LogP contribution in [-0.2, 0) is 0 Å². The van der Waals surface area contributed by atoms with Crippen LogP contribution in [0.4, 0.5) is 0 Å². The molecule has 1 aliphatic rings. The fourth-order valence-electron chi connectivity index (χ4n) is 5.97. The quantitative estimate of drug-likeness (QED) is 0.251. The largest absolute Gasteiger partial charge is 0.228 e. The Hall–Kier alpha value is -5.08. The van der Waals surface area contributed by atoms with Gasteiger partial charge >= 0.3 is 0 Å². The van der Waals surface area contributed by atoms with Crippen molar-refractivity contribution >= 4 is 21.7 Å². The minimum Gasteiger partial charge on any atom is -0.228 e. The highest BCUT2D eigenvalue weighted by Crippen LogP contribution is 2.54. The molecule has 6 aromatic carbocycles. The van der Waals surface area contributed by atoms with Crippen LogP contribution in [-0.4, -0.2) is 9.97 Å². The highest BCUT2D eigenvalue weighted by molar-refractivity contribution is 6.21. The van der Waals surface area contributed by atoms with Gasteiger partial charge in [0.05, 0.1) is 11.2 Å². The molecule has 0 radical (unpaired) electrons. The molecule has 1 heterocycles. The number of benzene rings is 6. The smallest absolute Gasteiger partial charge is 0.161 e. The second-order valence-electron chi connectivity index (χ2n) is 9.76. The summed E-state index contributed by atoms with van der Waals surface area (Å²) in [5.74, 6) is 0.753. The van der Waals surface area contributed by atoms with E-state index in [1.807, 2.05) is 12.1 Å². The maximum absolute atomic E-state index is 5.24. The van der Waals surface area contributed by atoms with Gasteiger partial charge in [0.25, 0.3) is 0 Å². The molecular formula is C36H22N2. The van der Waals surface area contributed by atoms with Gasteiger partial charge in [0.15, 0.2) is 5.82 Å². The van der Waals surface area contributed by atoms with E-state index in [1.54, 1.807) is 0 Å². The van der Waals surface area contributed by atoms with E-state index in [-0.39, 0.29) is 0 Å². The number of hydrogen-bond donors (Lipinski definition) is 0. The van der Waals surface area contributed by atoms with Gasteiger partial charge in [-0.1, -0.05) is 127 Å². The van der Waals surface area contributed by atoms with E-state index in [0.717, 1.165) is 33.5 Å². The van der Waals surface area contributed by atoms with Gasteiger partial charge in [0.2, 0.25) is 0 Å². The van der Waals surface area contributed by atoms with Crippen molar-refractivity contribution in [1.82, 2.24) is 9.97 Å². The van der Waals surface area contributed by atoms with Gasteiger partial charge in [0, 0.05) is 22.1 Å². The normalized spacial score (nSPS) is 11.7. The van der Waals surface area contributed by atoms with Crippen molar-refractivity contribution in [3.63, 3.8) is 0 Å². The summed E-state index contributed by atoms with van der Waals surface area (Å²) in [6.07, 6.45) is 0. The van der Waals surface area contributed by atoms with Crippen LogP contribution >= 0.6 is 0 Å². The minimum absolute atomic E-state index is 0.753. The van der Waals surface area contributed by atoms with Crippen LogP contribution in [0.1, 0.15) is 0 Å². The zero-order chi connectivity index (χ0) is 25.1. The Kier molecular flexibility index (Phi) is 4.55. The zero-order valence-electron chi connectivity index (χ0n) is 20.6. The lowest BCUT2D eigenvalue weighted by Gasteiger charge is -2.15. The molecular weight excluding hydrogens is 460 g/mol. The molecule has 2 heteroatoms. The van der Waals surface area contributed by atoms with E-state index in [4.69, 9.17) is 9.97 Å². The van der Waals surface area contributed by atoms with Gasteiger partial charge in [-0.2, -0.15) is 0 Å². The molecule has 0 atom stereocenters. The number of para-hydroxylation sites is 1. The molecule has 0 bridgehead atoms. The Morgan fingerprint density at radius 2 is 1.08 bits per heavy atom. The Bertz CT molecular complexity index is 2010. The van der Waals surface area contributed by atoms with Crippen LogP contribution in [0.3, 0.4) is 0 Å². The van der Waals surface area contributed by atoms with E-state index in [2.05, 4.69) is 121 Å². The van der Waals surface area contributed by atoms with Gasteiger partial charge < -0.3 is 0 Å². The lowest BCUT2D eigenvalue weighted by molar-refractivity contribution is 1.23. The number of hydrogen-bond acceptors (Lipinski definition) is 2. The molecule has 7 aromatic rings. The molecule has 0 spiro atoms. The van der Waals surface area contributed by atoms with Gasteiger partial charge in [-0.05, 0) is 44.7 Å². The molecule has 0 N–H and O–H groups in total. The van der Waals surface area contributed by atoms with Crippen LogP contribution < -0.4 is 0 Å². The van der Waals surface area contributed by atoms with Crippen LogP contribution in [0.25, 0.3) is 77.7 Å². The van der Waals surface area contributed by atoms with Crippen molar-refractivity contribution in [1.29, 1.82) is 0 Å². The number of aromatic nitrogens is 2. The van der Waals surface area contributed by atoms with E-state index in [9.17, 15) is 0 Å². The van der Waals surface area contributed by atoms with Crippen LogP contribution in [0.5, 0.6) is 0 Å². The summed E-state index contributed by atoms with van der Waals surface area (Å²) in [5.41, 5.74) is 11.5. The molecule has 1 aliphatic carbocycles. The number of nitrogens with zero attached hydrogens (tertiary/aromatic N) is 2. The molecule has 38 heavy (non-hydrogen) atoms. The van der Waals surface area contributed by atoms with Crippen molar-refractivity contribution in [2.75, 3.05) is 0 Å². The van der Waals surface area contributed by atoms with Gasteiger partial charge in [-0.15, -0.1) is 0 Å². The van der Waals surface area contributed by atoms with Gasteiger partial charge in [-0.25, -0.2) is 9.97 Å². The SMILES string of the molecule is c1ccc(-c2ccc3cccc4c3c2-c2c(-c3nc(-c5ccccc5)c5ccccc5n3)cccc2-4)cc1. The predicted octanol–water partition coefficient (Wildman–Crippen LogP) is 9.43. The summed E-state index contributed by atoms with van der Waals surface area (Å²) in [7, 11) is 0. The average molecular weight is 483 g/mol. The molecule has 2 nitrogen and oxygen atoms in total. The maximum atomic E-state index is 5.24. The van der Waals surface area contributed by atoms with E-state index in [1.165, 1.54) is 44.2 Å². The predicted molar refractivity (Wildman–Crippen MR) is 158 cm³/mol. The minimum atomic E-state index is 0.753. The van der Waals surface area contributed by atoms with E-state index in [0.29, 0.717) is 0 Å². The molecule has 0 amide bonds. The lowest BCUT2D eigenvalue weighted by atomic mass is 9.90. The highest BCUT2D eigenvalue weighted by atomic mass is 14.9. The lowest BCUT2D eigenvalue weighted by Crippen LogP contribution is -1.97. The summed E-state index contributed by atoms with van der Waals surface area (Å²) in [6, 6.07) is 47.1. The molecule has 0 saturated carbocycles. The Morgan fingerprint density at radius 3 is 1.92 bits per heavy atom. The van der Waals surface area contributed by atoms with Crippen LogP contribution in [0, 0.1) is 0 Å². The van der Waals surface area contributed by atoms with Crippen LogP contribution in [0.2, 0.25) is 0 Å². The third kappa shape index (κ3) is 3.07. The van der Waals surface area contributed by atoms with Gasteiger partial charge in [-0.3, -0.25) is 0 Å². The first-order valence-electron chi connectivity index (χ1n) is 12.9. The summed E-state index contributed by atoms with van der Waals surface area (Å²) in [6.45, 7) is 0. The van der Waals surface area contributed by atoms with Gasteiger partial charge in [0.1, 0.15) is 0 Å². The Labute approximate surface area is 220 Å². The Balaban J connectivity index is 1.47. The van der Waals surface area contributed by atoms with Crippen molar-refractivity contribution in [2.24, 2.45) is 0 Å². The second-order valence-corrected chi connectivity index (χ2v) is 9.76. The summed E-state index contributed by atoms with van der Waals surface area (Å²) in [5, 5.41) is 3.62. The number of rotatable bonds is 3. The summed E-state index contributed by atoms with van der Waals surface area (Å²) >= 11 is 0. The van der Waals surface area contributed by atoms with E-state index >= 15 is 0 Å². The van der Waals surface area contributed by atoms with Crippen LogP contribution in [0.15, 0.2) is 133 Å². The first kappa shape index (κ1) is 21.0. The zero-order valence-corrected chi connectivity index (χ0v) is 20.6. The van der Waals surface area contributed by atoms with E-state index < -0.39 is 0 Å². The van der Waals surface area contributed by atoms with Crippen molar-refractivity contribution in [3.8, 4) is 56.0 Å². The monoisotopic (exact) mass is 482 g/mol. The molecule has 0 unspecified atom stereocenters. The standard InChI is InChI=1S/C36H22N2/c1-3-11-23(12-4-1)26-22-21-24-15-9-17-27-28-18-10-19-30(33(28)34(26)32(24)27)36-37-31-20-8-7-16-29(31)35(38-36)25-13-5-2-6-14-25/h1-22H. The molecule has 176 valence electrons. The fourth-order valence-corrected chi connectivity index (χ4v) is 5.97. The molecule has 0 saturated heterocycles. The molecule has 1 aromatic heterocycles. The third-order valence-electron chi connectivity index (χ3n) is 7.63. The highest BCUT2D eigenvalue weighted by Gasteiger charge is 2.28. The second kappa shape index (κ2) is 8.22. The topological polar surface area (TPSA) is 25.8 Å². The molecule has 0 fully saturated rings. The molecule has 8 rings (SSSR count). The van der Waals surface area contributed by atoms with Crippen molar-refractivity contribution in [2.45, 2.75) is 0 Å². The molecule has 0 aliphatic heterocycles. The third-order valence-corrected chi connectivity index (χ3v) is 7.63. The fraction of sp³-hybridized carbons (Fsp3) is 0. The van der Waals surface area contributed by atoms with Crippen molar-refractivity contribution < 1.29 is 0 Å². The first-order chi connectivity index (χ1) is 18.9. The summed E-state index contributed by atoms with van der Waals surface area (Å²) < 4.78 is 0. The maximum Gasteiger partial charge on any atom is 0.161 e. The average Bonchev–Trinajstić information content (AvgIpc) is 3.34.